The minimum Gasteiger partial charge on any atom is -0.380 e. The number of fused-ring (bicyclic) bond motifs is 1. The fraction of sp³-hybridized carbons (Fsp3) is 0.214. The van der Waals surface area contributed by atoms with Crippen molar-refractivity contribution in [3.63, 3.8) is 0 Å². The van der Waals surface area contributed by atoms with Crippen molar-refractivity contribution < 1.29 is 4.79 Å². The van der Waals surface area contributed by atoms with Crippen LogP contribution in [-0.2, 0) is 17.6 Å². The maximum absolute atomic E-state index is 11.9. The van der Waals surface area contributed by atoms with Gasteiger partial charge in [0.1, 0.15) is 5.01 Å². The van der Waals surface area contributed by atoms with Crippen LogP contribution in [0.3, 0.4) is 0 Å². The van der Waals surface area contributed by atoms with E-state index in [4.69, 9.17) is 11.6 Å². The van der Waals surface area contributed by atoms with E-state index in [-0.39, 0.29) is 11.8 Å². The number of nitrogens with one attached hydrogen (secondary N) is 2. The van der Waals surface area contributed by atoms with E-state index in [2.05, 4.69) is 64.1 Å². The maximum atomic E-state index is 11.9. The van der Waals surface area contributed by atoms with Gasteiger partial charge in [-0.25, -0.2) is 4.98 Å². The number of amides is 1. The first-order chi connectivity index (χ1) is 16.6. The van der Waals surface area contributed by atoms with E-state index >= 15 is 0 Å². The second kappa shape index (κ2) is 10.00. The summed E-state index contributed by atoms with van der Waals surface area (Å²) in [5.74, 6) is -0.102. The zero-order chi connectivity index (χ0) is 23.5. The Morgan fingerprint density at radius 2 is 1.79 bits per heavy atom. The molecule has 1 aliphatic carbocycles. The monoisotopic (exact) mass is 487 g/mol. The van der Waals surface area contributed by atoms with E-state index in [1.54, 1.807) is 18.3 Å². The highest BCUT2D eigenvalue weighted by atomic mass is 35.5. The van der Waals surface area contributed by atoms with Gasteiger partial charge in [-0.15, -0.1) is 11.3 Å². The van der Waals surface area contributed by atoms with Crippen LogP contribution in [0.25, 0.3) is 0 Å². The Balaban J connectivity index is 1.51. The zero-order valence-electron chi connectivity index (χ0n) is 18.9. The van der Waals surface area contributed by atoms with Crippen LogP contribution in [0.2, 0.25) is 5.02 Å². The Kier molecular flexibility index (Phi) is 6.66. The molecule has 0 bridgehead atoms. The minimum atomic E-state index is -0.0843. The summed E-state index contributed by atoms with van der Waals surface area (Å²) < 4.78 is 0. The number of rotatable bonds is 6. The lowest BCUT2D eigenvalue weighted by Gasteiger charge is -2.28. The van der Waals surface area contributed by atoms with E-state index in [0.717, 1.165) is 46.8 Å². The van der Waals surface area contributed by atoms with Crippen LogP contribution in [0, 0.1) is 0 Å². The Morgan fingerprint density at radius 3 is 2.53 bits per heavy atom. The molecule has 34 heavy (non-hydrogen) atoms. The van der Waals surface area contributed by atoms with E-state index < -0.39 is 0 Å². The summed E-state index contributed by atoms with van der Waals surface area (Å²) in [4.78, 5) is 16.5. The number of benzene rings is 3. The summed E-state index contributed by atoms with van der Waals surface area (Å²) in [6.45, 7) is 1.54. The normalized spacial score (nSPS) is 15.9. The number of nitrogens with zero attached hydrogens (tertiary/aromatic N) is 1. The van der Waals surface area contributed by atoms with Gasteiger partial charge in [-0.1, -0.05) is 54.1 Å². The van der Waals surface area contributed by atoms with Gasteiger partial charge in [0.15, 0.2) is 0 Å². The van der Waals surface area contributed by atoms with Gasteiger partial charge in [0.2, 0.25) is 5.91 Å². The molecule has 0 spiro atoms. The molecule has 0 saturated heterocycles. The molecule has 1 heterocycles. The van der Waals surface area contributed by atoms with E-state index in [0.29, 0.717) is 11.1 Å². The van der Waals surface area contributed by atoms with Crippen molar-refractivity contribution in [1.82, 2.24) is 4.98 Å². The Bertz CT molecular complexity index is 1290. The number of thiazole rings is 1. The summed E-state index contributed by atoms with van der Waals surface area (Å²) in [6.07, 6.45) is 4.91. The zero-order valence-corrected chi connectivity index (χ0v) is 20.5. The third kappa shape index (κ3) is 5.01. The Morgan fingerprint density at radius 1 is 1.03 bits per heavy atom. The van der Waals surface area contributed by atoms with Gasteiger partial charge in [-0.3, -0.25) is 4.79 Å². The Labute approximate surface area is 209 Å². The van der Waals surface area contributed by atoms with Crippen LogP contribution in [0.5, 0.6) is 0 Å². The topological polar surface area (TPSA) is 54.0 Å². The van der Waals surface area contributed by atoms with Crippen LogP contribution in [0.15, 0.2) is 78.3 Å². The molecule has 2 atom stereocenters. The first-order valence-corrected chi connectivity index (χ1v) is 12.7. The van der Waals surface area contributed by atoms with E-state index in [9.17, 15) is 4.79 Å². The molecule has 1 aromatic heterocycles. The number of hydrogen-bond acceptors (Lipinski definition) is 4. The van der Waals surface area contributed by atoms with Gasteiger partial charge >= 0.3 is 0 Å². The SMILES string of the molecule is CC(=O)Nc1ccc(C(c2ccc(Cl)cc2)c2nccs2)cc1NC1CCc2ccccc2C1. The van der Waals surface area contributed by atoms with Gasteiger partial charge in [0.05, 0.1) is 17.3 Å². The van der Waals surface area contributed by atoms with Gasteiger partial charge < -0.3 is 10.6 Å². The fourth-order valence-corrected chi connectivity index (χ4v) is 5.63. The van der Waals surface area contributed by atoms with Gasteiger partial charge in [-0.2, -0.15) is 0 Å². The quantitative estimate of drug-likeness (QED) is 0.311. The highest BCUT2D eigenvalue weighted by Gasteiger charge is 2.23. The molecule has 0 aliphatic heterocycles. The van der Waals surface area contributed by atoms with Crippen molar-refractivity contribution in [3.8, 4) is 0 Å². The number of aromatic nitrogens is 1. The number of hydrogen-bond donors (Lipinski definition) is 2. The molecule has 4 nitrogen and oxygen atoms in total. The summed E-state index contributed by atoms with van der Waals surface area (Å²) in [5, 5.41) is 10.5. The van der Waals surface area contributed by atoms with Crippen LogP contribution in [-0.4, -0.2) is 16.9 Å². The lowest BCUT2D eigenvalue weighted by atomic mass is 9.87. The average Bonchev–Trinajstić information content (AvgIpc) is 3.36. The predicted molar refractivity (Wildman–Crippen MR) is 141 cm³/mol. The van der Waals surface area contributed by atoms with Crippen molar-refractivity contribution in [2.45, 2.75) is 38.1 Å². The molecule has 2 unspecified atom stereocenters. The summed E-state index contributed by atoms with van der Waals surface area (Å²) in [7, 11) is 0. The largest absolute Gasteiger partial charge is 0.380 e. The smallest absolute Gasteiger partial charge is 0.221 e. The van der Waals surface area contributed by atoms with Crippen molar-refractivity contribution in [1.29, 1.82) is 0 Å². The highest BCUT2D eigenvalue weighted by Crippen LogP contribution is 2.37. The third-order valence-electron chi connectivity index (χ3n) is 6.30. The molecule has 2 N–H and O–H groups in total. The molecule has 3 aromatic carbocycles. The number of aryl methyl sites for hydroxylation is 1. The van der Waals surface area contributed by atoms with Crippen LogP contribution < -0.4 is 10.6 Å². The molecule has 4 aromatic rings. The molecule has 172 valence electrons. The minimum absolute atomic E-state index is 0.0173. The number of carbonyl (C=O) groups is 1. The molecular formula is C28H26ClN3OS. The third-order valence-corrected chi connectivity index (χ3v) is 7.39. The molecule has 6 heteroatoms. The molecule has 0 saturated carbocycles. The predicted octanol–water partition coefficient (Wildman–Crippen LogP) is 6.90. The van der Waals surface area contributed by atoms with Crippen molar-refractivity contribution in [3.05, 3.63) is 111 Å². The summed E-state index contributed by atoms with van der Waals surface area (Å²) in [6, 6.07) is 23.1. The van der Waals surface area contributed by atoms with E-state index in [1.165, 1.54) is 11.1 Å². The number of carbonyl (C=O) groups excluding carboxylic acids is 1. The van der Waals surface area contributed by atoms with Crippen LogP contribution in [0.1, 0.15) is 46.5 Å². The molecule has 5 rings (SSSR count). The lowest BCUT2D eigenvalue weighted by Crippen LogP contribution is -2.28. The standard InChI is InChI=1S/C28H26ClN3OS/c1-18(33)31-25-13-9-22(27(28-30-14-15-34-28)20-6-10-23(29)11-7-20)17-26(25)32-24-12-8-19-4-2-3-5-21(19)16-24/h2-7,9-11,13-15,17,24,27,32H,8,12,16H2,1H3,(H,31,33). The van der Waals surface area contributed by atoms with Gasteiger partial charge in [0, 0.05) is 29.6 Å². The first-order valence-electron chi connectivity index (χ1n) is 11.5. The molecule has 1 amide bonds. The van der Waals surface area contributed by atoms with Crippen molar-refractivity contribution >= 4 is 40.2 Å². The molecular weight excluding hydrogens is 462 g/mol. The number of halogens is 1. The Hall–Kier alpha value is -3.15. The number of anilines is 2. The second-order valence-electron chi connectivity index (χ2n) is 8.69. The van der Waals surface area contributed by atoms with Crippen LogP contribution >= 0.6 is 22.9 Å². The first kappa shape index (κ1) is 22.6. The van der Waals surface area contributed by atoms with Gasteiger partial charge in [0.25, 0.3) is 0 Å². The van der Waals surface area contributed by atoms with Crippen molar-refractivity contribution in [2.24, 2.45) is 0 Å². The van der Waals surface area contributed by atoms with Gasteiger partial charge in [-0.05, 0) is 65.8 Å². The lowest BCUT2D eigenvalue weighted by molar-refractivity contribution is -0.114. The van der Waals surface area contributed by atoms with E-state index in [1.807, 2.05) is 29.8 Å². The van der Waals surface area contributed by atoms with Crippen molar-refractivity contribution in [2.75, 3.05) is 10.6 Å². The second-order valence-corrected chi connectivity index (χ2v) is 10.1. The van der Waals surface area contributed by atoms with Crippen LogP contribution in [0.4, 0.5) is 11.4 Å². The molecule has 0 radical (unpaired) electrons. The summed E-state index contributed by atoms with van der Waals surface area (Å²) >= 11 is 7.80. The molecule has 1 aliphatic rings. The maximum Gasteiger partial charge on any atom is 0.221 e. The highest BCUT2D eigenvalue weighted by molar-refractivity contribution is 7.09. The molecule has 0 fully saturated rings. The average molecular weight is 488 g/mol. The fourth-order valence-electron chi connectivity index (χ4n) is 4.71. The summed E-state index contributed by atoms with van der Waals surface area (Å²) in [5.41, 5.74) is 6.80.